The maximum absolute atomic E-state index is 11.5. The zero-order chi connectivity index (χ0) is 11.3. The summed E-state index contributed by atoms with van der Waals surface area (Å²) in [6.07, 6.45) is 2.74. The first-order valence-corrected chi connectivity index (χ1v) is 6.67. The Morgan fingerprint density at radius 1 is 1.47 bits per heavy atom. The molecule has 86 valence electrons. The van der Waals surface area contributed by atoms with Crippen LogP contribution in [0, 0.1) is 0 Å². The summed E-state index contributed by atoms with van der Waals surface area (Å²) in [4.78, 5) is 24.1. The van der Waals surface area contributed by atoms with Crippen LogP contribution in [0.15, 0.2) is 0 Å². The molecule has 0 bridgehead atoms. The number of rotatable bonds is 4. The molecule has 1 rings (SSSR count). The Bertz CT molecular complexity index is 281. The van der Waals surface area contributed by atoms with Gasteiger partial charge in [-0.3, -0.25) is 13.8 Å². The lowest BCUT2D eigenvalue weighted by atomic mass is 10.3. The Morgan fingerprint density at radius 2 is 2.20 bits per heavy atom. The van der Waals surface area contributed by atoms with Gasteiger partial charge in [-0.2, -0.15) is 0 Å². The van der Waals surface area contributed by atoms with E-state index < -0.39 is 10.8 Å². The molecule has 0 aromatic carbocycles. The molecule has 1 aliphatic rings. The smallest absolute Gasteiger partial charge is 0.241 e. The molecule has 5 nitrogen and oxygen atoms in total. The molecule has 1 unspecified atom stereocenters. The fourth-order valence-electron chi connectivity index (χ4n) is 1.43. The molecule has 0 aromatic heterocycles. The van der Waals surface area contributed by atoms with E-state index in [1.807, 2.05) is 0 Å². The molecule has 6 heteroatoms. The molecule has 1 N–H and O–H groups in total. The summed E-state index contributed by atoms with van der Waals surface area (Å²) >= 11 is 0. The van der Waals surface area contributed by atoms with E-state index in [4.69, 9.17) is 0 Å². The molecule has 1 saturated heterocycles. The number of hydrogen-bond donors (Lipinski definition) is 1. The van der Waals surface area contributed by atoms with Crippen LogP contribution in [0.25, 0.3) is 0 Å². The lowest BCUT2D eigenvalue weighted by molar-refractivity contribution is -0.130. The van der Waals surface area contributed by atoms with E-state index in [0.717, 1.165) is 6.42 Å². The largest absolute Gasteiger partial charge is 0.347 e. The van der Waals surface area contributed by atoms with Gasteiger partial charge < -0.3 is 10.2 Å². The highest BCUT2D eigenvalue weighted by Crippen LogP contribution is 2.00. The Kier molecular flexibility index (Phi) is 4.74. The van der Waals surface area contributed by atoms with Gasteiger partial charge in [-0.05, 0) is 6.42 Å². The number of carbonyl (C=O) groups excluding carboxylic acids is 2. The van der Waals surface area contributed by atoms with E-state index >= 15 is 0 Å². The third-order valence-electron chi connectivity index (χ3n) is 2.26. The minimum Gasteiger partial charge on any atom is -0.347 e. The number of amides is 2. The van der Waals surface area contributed by atoms with Crippen LogP contribution in [0.4, 0.5) is 0 Å². The van der Waals surface area contributed by atoms with Crippen molar-refractivity contribution in [3.63, 3.8) is 0 Å². The fourth-order valence-corrected chi connectivity index (χ4v) is 1.97. The molecule has 0 aromatic rings. The van der Waals surface area contributed by atoms with Crippen LogP contribution >= 0.6 is 0 Å². The van der Waals surface area contributed by atoms with Gasteiger partial charge in [0.1, 0.15) is 0 Å². The van der Waals surface area contributed by atoms with Crippen LogP contribution in [-0.2, 0) is 20.4 Å². The summed E-state index contributed by atoms with van der Waals surface area (Å²) in [7, 11) is -0.813. The molecule has 1 heterocycles. The second-order valence-electron chi connectivity index (χ2n) is 3.54. The van der Waals surface area contributed by atoms with Gasteiger partial charge in [0, 0.05) is 42.3 Å². The molecule has 0 radical (unpaired) electrons. The zero-order valence-corrected chi connectivity index (χ0v) is 9.64. The first-order valence-electron chi connectivity index (χ1n) is 4.94. The molecule has 1 aliphatic heterocycles. The van der Waals surface area contributed by atoms with Gasteiger partial charge >= 0.3 is 0 Å². The highest BCUT2D eigenvalue weighted by atomic mass is 32.2. The number of nitrogens with one attached hydrogen (secondary N) is 1. The molecule has 0 saturated carbocycles. The SMILES string of the molecule is CS(=O)CCCN1CCC(=O)NCC1=O. The molecule has 0 aliphatic carbocycles. The monoisotopic (exact) mass is 232 g/mol. The van der Waals surface area contributed by atoms with Crippen molar-refractivity contribution in [3.8, 4) is 0 Å². The van der Waals surface area contributed by atoms with Gasteiger partial charge in [0.15, 0.2) is 0 Å². The zero-order valence-electron chi connectivity index (χ0n) is 8.82. The lowest BCUT2D eigenvalue weighted by Crippen LogP contribution is -2.36. The second-order valence-corrected chi connectivity index (χ2v) is 5.09. The highest BCUT2D eigenvalue weighted by Gasteiger charge is 2.19. The number of carbonyl (C=O) groups is 2. The second kappa shape index (κ2) is 5.85. The molecule has 1 atom stereocenters. The Balaban J connectivity index is 2.35. The molecule has 2 amide bonds. The van der Waals surface area contributed by atoms with Gasteiger partial charge in [0.2, 0.25) is 11.8 Å². The quantitative estimate of drug-likeness (QED) is 0.683. The summed E-state index contributed by atoms with van der Waals surface area (Å²) in [6, 6.07) is 0. The van der Waals surface area contributed by atoms with Crippen molar-refractivity contribution >= 4 is 22.6 Å². The third kappa shape index (κ3) is 4.42. The van der Waals surface area contributed by atoms with Gasteiger partial charge in [-0.15, -0.1) is 0 Å². The van der Waals surface area contributed by atoms with Crippen LogP contribution < -0.4 is 5.32 Å². The van der Waals surface area contributed by atoms with Gasteiger partial charge in [0.05, 0.1) is 6.54 Å². The Morgan fingerprint density at radius 3 is 2.87 bits per heavy atom. The van der Waals surface area contributed by atoms with Crippen LogP contribution in [0.1, 0.15) is 12.8 Å². The predicted molar refractivity (Wildman–Crippen MR) is 57.8 cm³/mol. The van der Waals surface area contributed by atoms with Crippen molar-refractivity contribution in [2.75, 3.05) is 31.6 Å². The molecule has 15 heavy (non-hydrogen) atoms. The van der Waals surface area contributed by atoms with Crippen LogP contribution in [0.3, 0.4) is 0 Å². The van der Waals surface area contributed by atoms with E-state index in [1.54, 1.807) is 11.2 Å². The fraction of sp³-hybridized carbons (Fsp3) is 0.778. The van der Waals surface area contributed by atoms with Crippen LogP contribution in [-0.4, -0.2) is 52.6 Å². The highest BCUT2D eigenvalue weighted by molar-refractivity contribution is 7.84. The summed E-state index contributed by atoms with van der Waals surface area (Å²) < 4.78 is 10.8. The minimum atomic E-state index is -0.813. The van der Waals surface area contributed by atoms with Gasteiger partial charge in [0.25, 0.3) is 0 Å². The topological polar surface area (TPSA) is 66.5 Å². The van der Waals surface area contributed by atoms with E-state index in [0.29, 0.717) is 25.3 Å². The molecular formula is C9H16N2O3S. The average Bonchev–Trinajstić information content (AvgIpc) is 2.32. The standard InChI is InChI=1S/C9H16N2O3S/c1-15(14)6-2-4-11-5-3-8(12)10-7-9(11)13/h2-7H2,1H3,(H,10,12). The molecule has 1 fully saturated rings. The summed E-state index contributed by atoms with van der Waals surface area (Å²) in [5.74, 6) is 0.471. The molecular weight excluding hydrogens is 216 g/mol. The third-order valence-corrected chi connectivity index (χ3v) is 3.12. The normalized spacial score (nSPS) is 19.7. The summed E-state index contributed by atoms with van der Waals surface area (Å²) in [6.45, 7) is 1.16. The van der Waals surface area contributed by atoms with E-state index in [-0.39, 0.29) is 18.4 Å². The maximum Gasteiger partial charge on any atom is 0.241 e. The summed E-state index contributed by atoms with van der Waals surface area (Å²) in [5, 5.41) is 2.53. The van der Waals surface area contributed by atoms with Gasteiger partial charge in [-0.1, -0.05) is 0 Å². The van der Waals surface area contributed by atoms with Crippen molar-refractivity contribution in [3.05, 3.63) is 0 Å². The minimum absolute atomic E-state index is 0.0530. The summed E-state index contributed by atoms with van der Waals surface area (Å²) in [5.41, 5.74) is 0. The van der Waals surface area contributed by atoms with E-state index in [9.17, 15) is 13.8 Å². The average molecular weight is 232 g/mol. The number of nitrogens with zero attached hydrogens (tertiary/aromatic N) is 1. The first-order chi connectivity index (χ1) is 7.09. The van der Waals surface area contributed by atoms with Crippen molar-refractivity contribution in [2.24, 2.45) is 0 Å². The maximum atomic E-state index is 11.5. The van der Waals surface area contributed by atoms with Crippen molar-refractivity contribution in [1.82, 2.24) is 10.2 Å². The van der Waals surface area contributed by atoms with E-state index in [2.05, 4.69) is 5.32 Å². The first kappa shape index (κ1) is 12.2. The van der Waals surface area contributed by atoms with E-state index in [1.165, 1.54) is 0 Å². The van der Waals surface area contributed by atoms with Crippen molar-refractivity contribution in [2.45, 2.75) is 12.8 Å². The molecule has 0 spiro atoms. The lowest BCUT2D eigenvalue weighted by Gasteiger charge is -2.18. The number of hydrogen-bond acceptors (Lipinski definition) is 3. The van der Waals surface area contributed by atoms with Gasteiger partial charge in [-0.25, -0.2) is 0 Å². The predicted octanol–water partition coefficient (Wildman–Crippen LogP) is -0.896. The van der Waals surface area contributed by atoms with Crippen molar-refractivity contribution < 1.29 is 13.8 Å². The Labute approximate surface area is 91.7 Å². The van der Waals surface area contributed by atoms with Crippen LogP contribution in [0.2, 0.25) is 0 Å². The van der Waals surface area contributed by atoms with Crippen molar-refractivity contribution in [1.29, 1.82) is 0 Å². The Hall–Kier alpha value is -0.910. The van der Waals surface area contributed by atoms with Crippen LogP contribution in [0.5, 0.6) is 0 Å².